The molecule has 0 saturated carbocycles. The van der Waals surface area contributed by atoms with E-state index in [-0.39, 0.29) is 24.0 Å². The summed E-state index contributed by atoms with van der Waals surface area (Å²) >= 11 is 1.45. The smallest absolute Gasteiger partial charge is 0.114 e. The highest BCUT2D eigenvalue weighted by Crippen LogP contribution is 2.35. The lowest BCUT2D eigenvalue weighted by atomic mass is 9.89. The predicted molar refractivity (Wildman–Crippen MR) is 75.5 cm³/mol. The van der Waals surface area contributed by atoms with Crippen molar-refractivity contribution in [1.29, 1.82) is 0 Å². The molecule has 0 aliphatic carbocycles. The van der Waals surface area contributed by atoms with Crippen LogP contribution < -0.4 is 0 Å². The Bertz CT molecular complexity index is 319. The van der Waals surface area contributed by atoms with Crippen molar-refractivity contribution in [3.05, 3.63) is 10.4 Å². The molecule has 1 fully saturated rings. The number of ether oxygens (including phenoxy) is 2. The van der Waals surface area contributed by atoms with E-state index in [0.29, 0.717) is 0 Å². The third-order valence-electron chi connectivity index (χ3n) is 2.92. The van der Waals surface area contributed by atoms with Crippen molar-refractivity contribution >= 4 is 28.8 Å². The molecule has 7 unspecified atom stereocenters. The number of rotatable bonds is 5. The van der Waals surface area contributed by atoms with Crippen LogP contribution in [-0.4, -0.2) is 55.2 Å². The lowest BCUT2D eigenvalue weighted by molar-refractivity contribution is -0.157. The van der Waals surface area contributed by atoms with Crippen LogP contribution in [0.3, 0.4) is 0 Å². The molecule has 0 aromatic rings. The molecule has 0 aromatic heterocycles. The summed E-state index contributed by atoms with van der Waals surface area (Å²) in [6.45, 7) is 1.75. The van der Waals surface area contributed by atoms with Crippen molar-refractivity contribution in [1.82, 2.24) is 0 Å². The Balaban J connectivity index is 2.91. The number of thioether (sulfide) groups is 1. The molecule has 7 atom stereocenters. The minimum atomic E-state index is -0.548. The number of aliphatic hydroxyl groups is 1. The highest BCUT2D eigenvalue weighted by Gasteiger charge is 2.43. The van der Waals surface area contributed by atoms with Crippen LogP contribution in [0.1, 0.15) is 6.92 Å². The summed E-state index contributed by atoms with van der Waals surface area (Å²) in [6, 6.07) is -0.346. The second-order valence-corrected chi connectivity index (χ2v) is 5.67. The molecule has 0 aromatic carbocycles. The monoisotopic (exact) mass is 289 g/mol. The zero-order valence-electron chi connectivity index (χ0n) is 10.3. The minimum absolute atomic E-state index is 0.0872. The summed E-state index contributed by atoms with van der Waals surface area (Å²) in [5.41, 5.74) is 8.33. The summed E-state index contributed by atoms with van der Waals surface area (Å²) in [7, 11) is 7.91. The molecule has 0 amide bonds. The number of hydrogen-bond donors (Lipinski definition) is 1. The van der Waals surface area contributed by atoms with Crippen molar-refractivity contribution in [3.63, 3.8) is 0 Å². The molecule has 6 nitrogen and oxygen atoms in total. The molecule has 100 valence electrons. The lowest BCUT2D eigenvalue weighted by Gasteiger charge is -2.43. The van der Waals surface area contributed by atoms with Crippen LogP contribution in [0.25, 0.3) is 10.4 Å². The number of hydrogen-bond acceptors (Lipinski definition) is 5. The molecule has 1 saturated heterocycles. The van der Waals surface area contributed by atoms with Gasteiger partial charge in [-0.25, -0.2) is 0 Å². The van der Waals surface area contributed by atoms with Gasteiger partial charge in [0.15, 0.2) is 0 Å². The van der Waals surface area contributed by atoms with Crippen LogP contribution in [0, 0.1) is 5.92 Å². The highest BCUT2D eigenvalue weighted by molar-refractivity contribution is 7.99. The summed E-state index contributed by atoms with van der Waals surface area (Å²) in [5.74, 6) is -0.636. The molecule has 0 spiro atoms. The summed E-state index contributed by atoms with van der Waals surface area (Å²) in [5, 5.41) is 13.1. The van der Waals surface area contributed by atoms with Crippen LogP contribution in [0.5, 0.6) is 0 Å². The molecule has 1 N–H and O–H groups in total. The van der Waals surface area contributed by atoms with Crippen LogP contribution in [0.4, 0.5) is 0 Å². The van der Waals surface area contributed by atoms with Gasteiger partial charge in [0.25, 0.3) is 0 Å². The first-order chi connectivity index (χ1) is 8.54. The van der Waals surface area contributed by atoms with E-state index in [1.165, 1.54) is 11.8 Å². The van der Waals surface area contributed by atoms with Crippen molar-refractivity contribution < 1.29 is 14.6 Å². The van der Waals surface area contributed by atoms with Gasteiger partial charge in [0.05, 0.1) is 18.8 Å². The van der Waals surface area contributed by atoms with E-state index in [1.54, 1.807) is 0 Å². The Morgan fingerprint density at radius 3 is 2.83 bits per heavy atom. The van der Waals surface area contributed by atoms with Gasteiger partial charge in [0.1, 0.15) is 19.4 Å². The molecule has 1 aliphatic rings. The first-order valence-corrected chi connectivity index (χ1v) is 7.50. The summed E-state index contributed by atoms with van der Waals surface area (Å²) in [4.78, 5) is 2.85. The largest absolute Gasteiger partial charge is 0.394 e. The fourth-order valence-electron chi connectivity index (χ4n) is 2.07. The molecular formula is C9H17BN3O3PS. The Kier molecular flexibility index (Phi) is 6.78. The third-order valence-corrected chi connectivity index (χ3v) is 3.93. The predicted octanol–water partition coefficient (Wildman–Crippen LogP) is 1.09. The standard InChI is InChI=1S/C9H17BN3O3PS/c1-4-6(12-13-11)8(18-2)15-5(3-14)7(4)16-9(10)17/h4-9,14H,3,17H2,1-2H3. The Labute approximate surface area is 114 Å². The first kappa shape index (κ1) is 16.1. The zero-order chi connectivity index (χ0) is 13.7. The average molecular weight is 289 g/mol. The van der Waals surface area contributed by atoms with E-state index >= 15 is 0 Å². The number of azide groups is 1. The van der Waals surface area contributed by atoms with Gasteiger partial charge < -0.3 is 14.6 Å². The average Bonchev–Trinajstić information content (AvgIpc) is 2.34. The van der Waals surface area contributed by atoms with E-state index < -0.39 is 18.0 Å². The maximum absolute atomic E-state index is 9.36. The van der Waals surface area contributed by atoms with E-state index in [9.17, 15) is 5.11 Å². The highest BCUT2D eigenvalue weighted by atomic mass is 32.2. The number of nitrogens with zero attached hydrogens (tertiary/aromatic N) is 3. The molecule has 18 heavy (non-hydrogen) atoms. The lowest BCUT2D eigenvalue weighted by Crippen LogP contribution is -2.54. The van der Waals surface area contributed by atoms with Gasteiger partial charge in [-0.1, -0.05) is 12.0 Å². The quantitative estimate of drug-likeness (QED) is 0.270. The Morgan fingerprint density at radius 2 is 2.39 bits per heavy atom. The van der Waals surface area contributed by atoms with E-state index in [4.69, 9.17) is 22.9 Å². The zero-order valence-corrected chi connectivity index (χ0v) is 12.3. The molecule has 0 bridgehead atoms. The van der Waals surface area contributed by atoms with Crippen LogP contribution in [-0.2, 0) is 9.47 Å². The van der Waals surface area contributed by atoms with Gasteiger partial charge in [-0.05, 0) is 17.7 Å². The third kappa shape index (κ3) is 3.76. The van der Waals surface area contributed by atoms with Crippen molar-refractivity contribution in [2.24, 2.45) is 11.0 Å². The van der Waals surface area contributed by atoms with Crippen LogP contribution in [0.2, 0.25) is 0 Å². The van der Waals surface area contributed by atoms with E-state index in [0.717, 1.165) is 0 Å². The molecule has 1 rings (SSSR count). The molecule has 9 heteroatoms. The summed E-state index contributed by atoms with van der Waals surface area (Å²) in [6.07, 6.45) is 1.00. The second kappa shape index (κ2) is 7.58. The SMILES string of the molecule is [B]C(P)OC1C(CO)OC(SC)C(N=[N+]=[N-])C1C. The Hall–Kier alpha value is 0.0349. The number of aliphatic hydroxyl groups excluding tert-OH is 1. The molecule has 1 heterocycles. The summed E-state index contributed by atoms with van der Waals surface area (Å²) < 4.78 is 11.2. The van der Waals surface area contributed by atoms with Gasteiger partial charge in [0, 0.05) is 10.7 Å². The first-order valence-electron chi connectivity index (χ1n) is 5.55. The van der Waals surface area contributed by atoms with Gasteiger partial charge in [0.2, 0.25) is 0 Å². The van der Waals surface area contributed by atoms with Crippen molar-refractivity contribution in [2.45, 2.75) is 36.4 Å². The maximum Gasteiger partial charge on any atom is 0.114 e. The van der Waals surface area contributed by atoms with Gasteiger partial charge in [-0.15, -0.1) is 21.0 Å². The van der Waals surface area contributed by atoms with E-state index in [2.05, 4.69) is 19.3 Å². The molecule has 2 radical (unpaired) electrons. The Morgan fingerprint density at radius 1 is 1.72 bits per heavy atom. The van der Waals surface area contributed by atoms with Crippen molar-refractivity contribution in [2.75, 3.05) is 12.9 Å². The van der Waals surface area contributed by atoms with E-state index in [1.807, 2.05) is 13.2 Å². The second-order valence-electron chi connectivity index (χ2n) is 4.08. The molecular weight excluding hydrogens is 272 g/mol. The topological polar surface area (TPSA) is 87.5 Å². The van der Waals surface area contributed by atoms with Gasteiger partial charge in [-0.3, -0.25) is 0 Å². The van der Waals surface area contributed by atoms with Crippen molar-refractivity contribution in [3.8, 4) is 0 Å². The maximum atomic E-state index is 9.36. The minimum Gasteiger partial charge on any atom is -0.394 e. The van der Waals surface area contributed by atoms with Gasteiger partial charge in [-0.2, -0.15) is 0 Å². The fraction of sp³-hybridized carbons (Fsp3) is 1.00. The molecule has 1 aliphatic heterocycles. The fourth-order valence-corrected chi connectivity index (χ4v) is 3.08. The van der Waals surface area contributed by atoms with Gasteiger partial charge >= 0.3 is 0 Å². The normalized spacial score (nSPS) is 37.9. The van der Waals surface area contributed by atoms with Crippen LogP contribution >= 0.6 is 21.0 Å². The van der Waals surface area contributed by atoms with Crippen LogP contribution in [0.15, 0.2) is 5.11 Å².